The Hall–Kier alpha value is -2.00. The SMILES string of the molecule is COc1ccc(COc2cc(C=O)ccc2Cl)cc1. The summed E-state index contributed by atoms with van der Waals surface area (Å²) < 4.78 is 10.7. The molecule has 0 aliphatic heterocycles. The number of hydrogen-bond acceptors (Lipinski definition) is 3. The molecule has 0 heterocycles. The number of methoxy groups -OCH3 is 1. The summed E-state index contributed by atoms with van der Waals surface area (Å²) in [5.74, 6) is 1.30. The molecular weight excluding hydrogens is 264 g/mol. The first-order valence-corrected chi connectivity index (χ1v) is 6.11. The van der Waals surface area contributed by atoms with Crippen LogP contribution in [0.4, 0.5) is 0 Å². The van der Waals surface area contributed by atoms with Crippen LogP contribution in [0.15, 0.2) is 42.5 Å². The van der Waals surface area contributed by atoms with E-state index in [0.717, 1.165) is 17.6 Å². The highest BCUT2D eigenvalue weighted by atomic mass is 35.5. The molecule has 0 radical (unpaired) electrons. The number of carbonyl (C=O) groups excluding carboxylic acids is 1. The Kier molecular flexibility index (Phi) is 4.42. The Morgan fingerprint density at radius 3 is 2.53 bits per heavy atom. The molecule has 0 aromatic heterocycles. The number of aldehydes is 1. The van der Waals surface area contributed by atoms with E-state index in [2.05, 4.69) is 0 Å². The van der Waals surface area contributed by atoms with Crippen molar-refractivity contribution >= 4 is 17.9 Å². The van der Waals surface area contributed by atoms with Crippen molar-refractivity contribution in [2.24, 2.45) is 0 Å². The summed E-state index contributed by atoms with van der Waals surface area (Å²) in [5.41, 5.74) is 1.53. The summed E-state index contributed by atoms with van der Waals surface area (Å²) in [4.78, 5) is 10.7. The van der Waals surface area contributed by atoms with Gasteiger partial charge in [-0.3, -0.25) is 4.79 Å². The van der Waals surface area contributed by atoms with Gasteiger partial charge in [0.25, 0.3) is 0 Å². The zero-order chi connectivity index (χ0) is 13.7. The van der Waals surface area contributed by atoms with Gasteiger partial charge >= 0.3 is 0 Å². The highest BCUT2D eigenvalue weighted by molar-refractivity contribution is 6.32. The van der Waals surface area contributed by atoms with Gasteiger partial charge in [-0.15, -0.1) is 0 Å². The molecule has 98 valence electrons. The molecule has 0 saturated carbocycles. The van der Waals surface area contributed by atoms with Gasteiger partial charge in [0, 0.05) is 5.56 Å². The van der Waals surface area contributed by atoms with Crippen LogP contribution < -0.4 is 9.47 Å². The fourth-order valence-corrected chi connectivity index (χ4v) is 1.76. The Bertz CT molecular complexity index is 564. The van der Waals surface area contributed by atoms with E-state index in [9.17, 15) is 4.79 Å². The molecule has 2 rings (SSSR count). The third-order valence-corrected chi connectivity index (χ3v) is 2.96. The van der Waals surface area contributed by atoms with Gasteiger partial charge in [0.1, 0.15) is 24.4 Å². The molecular formula is C15H13ClO3. The first-order chi connectivity index (χ1) is 9.22. The lowest BCUT2D eigenvalue weighted by Crippen LogP contribution is -1.97. The Morgan fingerprint density at radius 1 is 1.16 bits per heavy atom. The van der Waals surface area contributed by atoms with Crippen molar-refractivity contribution in [1.82, 2.24) is 0 Å². The fourth-order valence-electron chi connectivity index (χ4n) is 1.59. The number of benzene rings is 2. The monoisotopic (exact) mass is 276 g/mol. The number of rotatable bonds is 5. The Labute approximate surface area is 116 Å². The molecule has 2 aromatic carbocycles. The first kappa shape index (κ1) is 13.4. The van der Waals surface area contributed by atoms with Gasteiger partial charge in [-0.2, -0.15) is 0 Å². The smallest absolute Gasteiger partial charge is 0.150 e. The van der Waals surface area contributed by atoms with Gasteiger partial charge in [-0.1, -0.05) is 23.7 Å². The molecule has 3 nitrogen and oxygen atoms in total. The zero-order valence-corrected chi connectivity index (χ0v) is 11.2. The molecule has 0 amide bonds. The van der Waals surface area contributed by atoms with Crippen molar-refractivity contribution in [3.63, 3.8) is 0 Å². The number of carbonyl (C=O) groups is 1. The van der Waals surface area contributed by atoms with Crippen LogP contribution in [0.2, 0.25) is 5.02 Å². The minimum Gasteiger partial charge on any atom is -0.497 e. The molecule has 2 aromatic rings. The highest BCUT2D eigenvalue weighted by Gasteiger charge is 2.04. The normalized spacial score (nSPS) is 10.0. The van der Waals surface area contributed by atoms with Crippen LogP contribution in [0.1, 0.15) is 15.9 Å². The quantitative estimate of drug-likeness (QED) is 0.781. The minimum absolute atomic E-state index is 0.381. The summed E-state index contributed by atoms with van der Waals surface area (Å²) in [6, 6.07) is 12.5. The summed E-state index contributed by atoms with van der Waals surface area (Å²) in [6.45, 7) is 0.381. The molecule has 0 aliphatic rings. The van der Waals surface area contributed by atoms with Crippen LogP contribution in [0.3, 0.4) is 0 Å². The lowest BCUT2D eigenvalue weighted by Gasteiger charge is -2.09. The maximum absolute atomic E-state index is 10.7. The van der Waals surface area contributed by atoms with Crippen LogP contribution in [-0.2, 0) is 6.61 Å². The number of halogens is 1. The van der Waals surface area contributed by atoms with E-state index in [1.807, 2.05) is 24.3 Å². The second-order valence-corrected chi connectivity index (χ2v) is 4.35. The van der Waals surface area contributed by atoms with Crippen molar-refractivity contribution < 1.29 is 14.3 Å². The molecule has 0 bridgehead atoms. The van der Waals surface area contributed by atoms with E-state index < -0.39 is 0 Å². The summed E-state index contributed by atoms with van der Waals surface area (Å²) >= 11 is 6.01. The van der Waals surface area contributed by atoms with Gasteiger partial charge in [-0.05, 0) is 35.9 Å². The van der Waals surface area contributed by atoms with Gasteiger partial charge < -0.3 is 9.47 Å². The Morgan fingerprint density at radius 2 is 1.89 bits per heavy atom. The van der Waals surface area contributed by atoms with Crippen molar-refractivity contribution in [2.75, 3.05) is 7.11 Å². The van der Waals surface area contributed by atoms with E-state index >= 15 is 0 Å². The van der Waals surface area contributed by atoms with Crippen LogP contribution in [0.5, 0.6) is 11.5 Å². The van der Waals surface area contributed by atoms with Crippen molar-refractivity contribution in [2.45, 2.75) is 6.61 Å². The summed E-state index contributed by atoms with van der Waals surface area (Å²) in [5, 5.41) is 0.485. The van der Waals surface area contributed by atoms with E-state index in [1.165, 1.54) is 0 Å². The van der Waals surface area contributed by atoms with Crippen LogP contribution in [0, 0.1) is 0 Å². The van der Waals surface area contributed by atoms with Gasteiger partial charge in [0.2, 0.25) is 0 Å². The zero-order valence-electron chi connectivity index (χ0n) is 10.4. The molecule has 0 aliphatic carbocycles. The van der Waals surface area contributed by atoms with Crippen LogP contribution >= 0.6 is 11.6 Å². The average Bonchev–Trinajstić information content (AvgIpc) is 2.47. The standard InChI is InChI=1S/C15H13ClO3/c1-18-13-5-2-11(3-6-13)10-19-15-8-12(9-17)4-7-14(15)16/h2-9H,10H2,1H3. The van der Waals surface area contributed by atoms with Gasteiger partial charge in [0.15, 0.2) is 0 Å². The third-order valence-electron chi connectivity index (χ3n) is 2.64. The summed E-state index contributed by atoms with van der Waals surface area (Å²) in [6.07, 6.45) is 0.760. The first-order valence-electron chi connectivity index (χ1n) is 5.73. The molecule has 4 heteroatoms. The van der Waals surface area contributed by atoms with Crippen molar-refractivity contribution in [3.05, 3.63) is 58.6 Å². The lowest BCUT2D eigenvalue weighted by molar-refractivity contribution is 0.112. The predicted octanol–water partition coefficient (Wildman–Crippen LogP) is 3.74. The molecule has 0 N–H and O–H groups in total. The average molecular weight is 277 g/mol. The van der Waals surface area contributed by atoms with Crippen LogP contribution in [-0.4, -0.2) is 13.4 Å². The van der Waals surface area contributed by atoms with Gasteiger partial charge in [0.05, 0.1) is 12.1 Å². The van der Waals surface area contributed by atoms with E-state index in [1.54, 1.807) is 25.3 Å². The molecule has 0 atom stereocenters. The minimum atomic E-state index is 0.381. The second-order valence-electron chi connectivity index (χ2n) is 3.94. The molecule has 0 saturated heterocycles. The Balaban J connectivity index is 2.07. The maximum atomic E-state index is 10.7. The largest absolute Gasteiger partial charge is 0.497 e. The van der Waals surface area contributed by atoms with Gasteiger partial charge in [-0.25, -0.2) is 0 Å². The highest BCUT2D eigenvalue weighted by Crippen LogP contribution is 2.26. The second kappa shape index (κ2) is 6.25. The summed E-state index contributed by atoms with van der Waals surface area (Å²) in [7, 11) is 1.62. The molecule has 19 heavy (non-hydrogen) atoms. The number of ether oxygens (including phenoxy) is 2. The van der Waals surface area contributed by atoms with Crippen LogP contribution in [0.25, 0.3) is 0 Å². The third kappa shape index (κ3) is 3.48. The molecule has 0 unspecified atom stereocenters. The van der Waals surface area contributed by atoms with E-state index in [4.69, 9.17) is 21.1 Å². The van der Waals surface area contributed by atoms with E-state index in [0.29, 0.717) is 22.9 Å². The lowest BCUT2D eigenvalue weighted by atomic mass is 10.2. The maximum Gasteiger partial charge on any atom is 0.150 e. The van der Waals surface area contributed by atoms with E-state index in [-0.39, 0.29) is 0 Å². The van der Waals surface area contributed by atoms with Crippen molar-refractivity contribution in [3.8, 4) is 11.5 Å². The molecule has 0 fully saturated rings. The number of hydrogen-bond donors (Lipinski definition) is 0. The van der Waals surface area contributed by atoms with Crippen molar-refractivity contribution in [1.29, 1.82) is 0 Å². The fraction of sp³-hybridized carbons (Fsp3) is 0.133. The predicted molar refractivity (Wildman–Crippen MR) is 74.2 cm³/mol. The molecule has 0 spiro atoms. The topological polar surface area (TPSA) is 35.5 Å².